The third-order valence-corrected chi connectivity index (χ3v) is 7.72. The molecule has 0 amide bonds. The molecular weight excluding hydrogens is 252 g/mol. The standard InChI is InChI=1S/C16H32O2Si/c1-11(2)14-9-8-12(3)10-15(14)18-16(17)13(4)19(5,6)7/h11-15H,8-10H2,1-7H3. The number of hydrogen-bond donors (Lipinski definition) is 0. The fourth-order valence-corrected chi connectivity index (χ4v) is 3.63. The van der Waals surface area contributed by atoms with Crippen molar-refractivity contribution in [2.45, 2.75) is 78.2 Å². The van der Waals surface area contributed by atoms with E-state index in [2.05, 4.69) is 40.4 Å². The van der Waals surface area contributed by atoms with Gasteiger partial charge in [-0.15, -0.1) is 0 Å². The lowest BCUT2D eigenvalue weighted by Gasteiger charge is -2.38. The quantitative estimate of drug-likeness (QED) is 0.551. The van der Waals surface area contributed by atoms with Gasteiger partial charge in [0.15, 0.2) is 0 Å². The van der Waals surface area contributed by atoms with Gasteiger partial charge in [-0.1, -0.05) is 53.8 Å². The minimum Gasteiger partial charge on any atom is -0.462 e. The van der Waals surface area contributed by atoms with E-state index >= 15 is 0 Å². The topological polar surface area (TPSA) is 26.3 Å². The van der Waals surface area contributed by atoms with Crippen LogP contribution in [0.4, 0.5) is 0 Å². The number of ether oxygens (including phenoxy) is 1. The van der Waals surface area contributed by atoms with Crippen LogP contribution in [0.25, 0.3) is 0 Å². The van der Waals surface area contributed by atoms with Gasteiger partial charge < -0.3 is 4.74 Å². The molecular formula is C16H32O2Si. The van der Waals surface area contributed by atoms with Gasteiger partial charge in [0.2, 0.25) is 0 Å². The summed E-state index contributed by atoms with van der Waals surface area (Å²) in [5, 5.41) is 0. The first-order valence-electron chi connectivity index (χ1n) is 7.83. The Labute approximate surface area is 120 Å². The molecule has 0 spiro atoms. The zero-order valence-corrected chi connectivity index (χ0v) is 14.8. The van der Waals surface area contributed by atoms with Crippen molar-refractivity contribution in [3.05, 3.63) is 0 Å². The maximum absolute atomic E-state index is 12.3. The van der Waals surface area contributed by atoms with E-state index in [-0.39, 0.29) is 17.6 Å². The summed E-state index contributed by atoms with van der Waals surface area (Å²) in [5.74, 6) is 1.89. The number of rotatable bonds is 4. The van der Waals surface area contributed by atoms with Crippen molar-refractivity contribution in [1.29, 1.82) is 0 Å². The van der Waals surface area contributed by atoms with Crippen LogP contribution in [0, 0.1) is 17.8 Å². The van der Waals surface area contributed by atoms with Crippen LogP contribution in [0.3, 0.4) is 0 Å². The Hall–Kier alpha value is -0.313. The molecule has 1 fully saturated rings. The second-order valence-electron chi connectivity index (χ2n) is 7.89. The second kappa shape index (κ2) is 6.42. The number of carbonyl (C=O) groups is 1. The van der Waals surface area contributed by atoms with Crippen molar-refractivity contribution in [3.8, 4) is 0 Å². The largest absolute Gasteiger partial charge is 0.462 e. The minimum absolute atomic E-state index is 0.0453. The lowest BCUT2D eigenvalue weighted by Crippen LogP contribution is -2.40. The van der Waals surface area contributed by atoms with Gasteiger partial charge in [0.1, 0.15) is 6.10 Å². The highest BCUT2D eigenvalue weighted by atomic mass is 28.3. The maximum atomic E-state index is 12.3. The number of hydrogen-bond acceptors (Lipinski definition) is 2. The van der Waals surface area contributed by atoms with Crippen molar-refractivity contribution in [2.24, 2.45) is 17.8 Å². The fourth-order valence-electron chi connectivity index (χ4n) is 2.86. The van der Waals surface area contributed by atoms with Gasteiger partial charge in [0, 0.05) is 5.54 Å². The van der Waals surface area contributed by atoms with Crippen LogP contribution in [-0.4, -0.2) is 20.1 Å². The molecule has 0 aromatic heterocycles. The molecule has 4 unspecified atom stereocenters. The summed E-state index contributed by atoms with van der Waals surface area (Å²) in [7, 11) is -1.45. The van der Waals surface area contributed by atoms with Crippen LogP contribution in [0.1, 0.15) is 47.0 Å². The number of carbonyl (C=O) groups excluding carboxylic acids is 1. The molecule has 19 heavy (non-hydrogen) atoms. The van der Waals surface area contributed by atoms with Crippen molar-refractivity contribution >= 4 is 14.0 Å². The van der Waals surface area contributed by atoms with E-state index in [0.29, 0.717) is 17.8 Å². The van der Waals surface area contributed by atoms with E-state index in [1.54, 1.807) is 0 Å². The summed E-state index contributed by atoms with van der Waals surface area (Å²) in [6.07, 6.45) is 3.68. The highest BCUT2D eigenvalue weighted by molar-refractivity contribution is 6.80. The third-order valence-electron chi connectivity index (χ3n) is 4.88. The maximum Gasteiger partial charge on any atom is 0.306 e. The molecule has 0 bridgehead atoms. The van der Waals surface area contributed by atoms with Crippen molar-refractivity contribution in [1.82, 2.24) is 0 Å². The van der Waals surface area contributed by atoms with Crippen LogP contribution in [0.15, 0.2) is 0 Å². The highest BCUT2D eigenvalue weighted by Gasteiger charge is 2.36. The molecule has 0 radical (unpaired) electrons. The predicted octanol–water partition coefficient (Wildman–Crippen LogP) is 4.72. The Morgan fingerprint density at radius 1 is 1.16 bits per heavy atom. The average Bonchev–Trinajstić information content (AvgIpc) is 2.26. The molecule has 2 nitrogen and oxygen atoms in total. The van der Waals surface area contributed by atoms with Crippen molar-refractivity contribution in [2.75, 3.05) is 0 Å². The van der Waals surface area contributed by atoms with Crippen molar-refractivity contribution < 1.29 is 9.53 Å². The van der Waals surface area contributed by atoms with Gasteiger partial charge in [0.25, 0.3) is 0 Å². The Morgan fingerprint density at radius 3 is 2.21 bits per heavy atom. The summed E-state index contributed by atoms with van der Waals surface area (Å²) in [4.78, 5) is 12.3. The summed E-state index contributed by atoms with van der Waals surface area (Å²) >= 11 is 0. The smallest absolute Gasteiger partial charge is 0.306 e. The zero-order chi connectivity index (χ0) is 14.8. The van der Waals surface area contributed by atoms with Gasteiger partial charge in [0.05, 0.1) is 8.07 Å². The minimum atomic E-state index is -1.45. The van der Waals surface area contributed by atoms with Crippen LogP contribution < -0.4 is 0 Å². The molecule has 3 heteroatoms. The summed E-state index contributed by atoms with van der Waals surface area (Å²) in [6, 6.07) is 0. The molecule has 0 heterocycles. The fraction of sp³-hybridized carbons (Fsp3) is 0.938. The van der Waals surface area contributed by atoms with E-state index in [9.17, 15) is 4.79 Å². The van der Waals surface area contributed by atoms with Gasteiger partial charge in [-0.2, -0.15) is 0 Å². The van der Waals surface area contributed by atoms with E-state index in [4.69, 9.17) is 4.74 Å². The molecule has 4 atom stereocenters. The average molecular weight is 285 g/mol. The molecule has 0 aromatic rings. The van der Waals surface area contributed by atoms with Gasteiger partial charge in [-0.05, 0) is 30.6 Å². The van der Waals surface area contributed by atoms with Crippen LogP contribution >= 0.6 is 0 Å². The summed E-state index contributed by atoms with van der Waals surface area (Å²) in [5.41, 5.74) is 0.0949. The zero-order valence-electron chi connectivity index (χ0n) is 13.8. The predicted molar refractivity (Wildman–Crippen MR) is 84.0 cm³/mol. The summed E-state index contributed by atoms with van der Waals surface area (Å²) < 4.78 is 5.92. The van der Waals surface area contributed by atoms with Crippen LogP contribution in [-0.2, 0) is 9.53 Å². The normalized spacial score (nSPS) is 30.2. The van der Waals surface area contributed by atoms with E-state index in [0.717, 1.165) is 6.42 Å². The van der Waals surface area contributed by atoms with Gasteiger partial charge in [-0.3, -0.25) is 4.79 Å². The first-order chi connectivity index (χ1) is 8.62. The lowest BCUT2D eigenvalue weighted by molar-refractivity contribution is -0.155. The van der Waals surface area contributed by atoms with Gasteiger partial charge >= 0.3 is 5.97 Å². The Morgan fingerprint density at radius 2 is 1.74 bits per heavy atom. The monoisotopic (exact) mass is 284 g/mol. The van der Waals surface area contributed by atoms with E-state index < -0.39 is 8.07 Å². The van der Waals surface area contributed by atoms with E-state index in [1.807, 2.05) is 6.92 Å². The molecule has 1 aliphatic carbocycles. The highest BCUT2D eigenvalue weighted by Crippen LogP contribution is 2.36. The molecule has 1 aliphatic rings. The SMILES string of the molecule is CC1CCC(C(C)C)C(OC(=O)C(C)[Si](C)(C)C)C1. The molecule has 0 aliphatic heterocycles. The lowest BCUT2D eigenvalue weighted by atomic mass is 9.75. The molecule has 1 rings (SSSR count). The number of esters is 1. The van der Waals surface area contributed by atoms with Crippen LogP contribution in [0.5, 0.6) is 0 Å². The first kappa shape index (κ1) is 16.7. The molecule has 0 saturated heterocycles. The van der Waals surface area contributed by atoms with E-state index in [1.165, 1.54) is 12.8 Å². The Bertz CT molecular complexity index is 306. The Balaban J connectivity index is 2.69. The third kappa shape index (κ3) is 4.62. The van der Waals surface area contributed by atoms with Gasteiger partial charge in [-0.25, -0.2) is 0 Å². The van der Waals surface area contributed by atoms with Crippen molar-refractivity contribution in [3.63, 3.8) is 0 Å². The second-order valence-corrected chi connectivity index (χ2v) is 13.5. The molecule has 112 valence electrons. The molecule has 1 saturated carbocycles. The molecule has 0 aromatic carbocycles. The summed E-state index contributed by atoms with van der Waals surface area (Å²) in [6.45, 7) is 15.5. The Kier molecular flexibility index (Phi) is 5.66. The first-order valence-corrected chi connectivity index (χ1v) is 11.4. The molecule has 0 N–H and O–H groups in total. The van der Waals surface area contributed by atoms with Crippen LogP contribution in [0.2, 0.25) is 25.2 Å².